The van der Waals surface area contributed by atoms with Crippen LogP contribution < -0.4 is 0 Å². The number of methoxy groups -OCH3 is 1. The van der Waals surface area contributed by atoms with Crippen molar-refractivity contribution < 1.29 is 9.53 Å². The van der Waals surface area contributed by atoms with Gasteiger partial charge in [-0.15, -0.1) is 0 Å². The van der Waals surface area contributed by atoms with Crippen molar-refractivity contribution in [1.29, 1.82) is 0 Å². The van der Waals surface area contributed by atoms with E-state index in [4.69, 9.17) is 4.74 Å². The topological polar surface area (TPSA) is 65.0 Å². The van der Waals surface area contributed by atoms with Crippen LogP contribution in [0.25, 0.3) is 11.3 Å². The summed E-state index contributed by atoms with van der Waals surface area (Å²) in [5.41, 5.74) is 0.731. The molecule has 0 aromatic carbocycles. The second-order valence-electron chi connectivity index (χ2n) is 4.62. The molecule has 5 nitrogen and oxygen atoms in total. The first-order chi connectivity index (χ1) is 9.05. The third kappa shape index (κ3) is 2.59. The van der Waals surface area contributed by atoms with Crippen molar-refractivity contribution in [3.8, 4) is 11.3 Å². The van der Waals surface area contributed by atoms with Gasteiger partial charge in [-0.05, 0) is 32.0 Å². The van der Waals surface area contributed by atoms with E-state index in [1.54, 1.807) is 38.5 Å². The monoisotopic (exact) mass is 257 g/mol. The van der Waals surface area contributed by atoms with Gasteiger partial charge in [-0.1, -0.05) is 0 Å². The highest BCUT2D eigenvalue weighted by molar-refractivity contribution is 5.81. The molecule has 19 heavy (non-hydrogen) atoms. The summed E-state index contributed by atoms with van der Waals surface area (Å²) in [6, 6.07) is 5.53. The van der Waals surface area contributed by atoms with Gasteiger partial charge in [0.15, 0.2) is 0 Å². The van der Waals surface area contributed by atoms with Gasteiger partial charge in [0.1, 0.15) is 11.2 Å². The predicted octanol–water partition coefficient (Wildman–Crippen LogP) is 1.99. The maximum Gasteiger partial charge on any atom is 0.318 e. The fraction of sp³-hybridized carbons (Fsp3) is 0.286. The maximum absolute atomic E-state index is 11.8. The van der Waals surface area contributed by atoms with E-state index in [1.807, 2.05) is 12.1 Å². The Morgan fingerprint density at radius 3 is 2.68 bits per heavy atom. The van der Waals surface area contributed by atoms with E-state index in [2.05, 4.69) is 15.0 Å². The largest absolute Gasteiger partial charge is 0.468 e. The Kier molecular flexibility index (Phi) is 3.55. The van der Waals surface area contributed by atoms with Crippen LogP contribution >= 0.6 is 0 Å². The van der Waals surface area contributed by atoms with Crippen molar-refractivity contribution in [1.82, 2.24) is 15.0 Å². The highest BCUT2D eigenvalue weighted by atomic mass is 16.5. The number of pyridine rings is 1. The molecule has 2 heterocycles. The Hall–Kier alpha value is -2.30. The average Bonchev–Trinajstić information content (AvgIpc) is 2.47. The molecule has 0 N–H and O–H groups in total. The van der Waals surface area contributed by atoms with E-state index in [0.717, 1.165) is 11.3 Å². The van der Waals surface area contributed by atoms with Gasteiger partial charge in [0, 0.05) is 24.2 Å². The predicted molar refractivity (Wildman–Crippen MR) is 70.3 cm³/mol. The molecule has 0 fully saturated rings. The van der Waals surface area contributed by atoms with E-state index in [9.17, 15) is 4.79 Å². The van der Waals surface area contributed by atoms with Crippen LogP contribution in [0.3, 0.4) is 0 Å². The summed E-state index contributed by atoms with van der Waals surface area (Å²) in [6.07, 6.45) is 5.05. The molecule has 0 radical (unpaired) electrons. The summed E-state index contributed by atoms with van der Waals surface area (Å²) in [5, 5.41) is 0. The van der Waals surface area contributed by atoms with Crippen LogP contribution in [-0.2, 0) is 14.9 Å². The van der Waals surface area contributed by atoms with Gasteiger partial charge in [-0.2, -0.15) is 0 Å². The van der Waals surface area contributed by atoms with Crippen LogP contribution in [0.2, 0.25) is 0 Å². The third-order valence-electron chi connectivity index (χ3n) is 2.87. The number of nitrogens with zero attached hydrogens (tertiary/aromatic N) is 3. The smallest absolute Gasteiger partial charge is 0.318 e. The number of aromatic nitrogens is 3. The van der Waals surface area contributed by atoms with Crippen molar-refractivity contribution in [2.45, 2.75) is 19.3 Å². The molecule has 0 bridgehead atoms. The Labute approximate surface area is 111 Å². The molecule has 0 saturated heterocycles. The van der Waals surface area contributed by atoms with Gasteiger partial charge in [0.2, 0.25) is 0 Å². The molecule has 0 spiro atoms. The molecule has 0 unspecified atom stereocenters. The van der Waals surface area contributed by atoms with Crippen molar-refractivity contribution >= 4 is 5.97 Å². The van der Waals surface area contributed by atoms with Gasteiger partial charge in [-0.25, -0.2) is 9.97 Å². The highest BCUT2D eigenvalue weighted by Crippen LogP contribution is 2.23. The summed E-state index contributed by atoms with van der Waals surface area (Å²) in [5.74, 6) is 0.0662. The standard InChI is InChI=1S/C14H15N3O2/c1-14(2,13(18)19-3)12-16-8-6-11(17-12)10-5-4-7-15-9-10/h4-9H,1-3H3. The maximum atomic E-state index is 11.8. The van der Waals surface area contributed by atoms with Crippen molar-refractivity contribution in [2.75, 3.05) is 7.11 Å². The van der Waals surface area contributed by atoms with Crippen LogP contribution in [0.1, 0.15) is 19.7 Å². The van der Waals surface area contributed by atoms with E-state index >= 15 is 0 Å². The molecule has 2 aromatic rings. The summed E-state index contributed by atoms with van der Waals surface area (Å²) < 4.78 is 4.78. The van der Waals surface area contributed by atoms with E-state index < -0.39 is 5.41 Å². The molecule has 0 aliphatic carbocycles. The summed E-state index contributed by atoms with van der Waals surface area (Å²) in [7, 11) is 1.36. The highest BCUT2D eigenvalue weighted by Gasteiger charge is 2.34. The quantitative estimate of drug-likeness (QED) is 0.787. The normalized spacial score (nSPS) is 11.1. The van der Waals surface area contributed by atoms with Crippen LogP contribution in [0, 0.1) is 0 Å². The van der Waals surface area contributed by atoms with Crippen LogP contribution in [0.5, 0.6) is 0 Å². The fourth-order valence-electron chi connectivity index (χ4n) is 1.68. The third-order valence-corrected chi connectivity index (χ3v) is 2.87. The number of rotatable bonds is 3. The minimum absolute atomic E-state index is 0.365. The number of carbonyl (C=O) groups is 1. The number of esters is 1. The fourth-order valence-corrected chi connectivity index (χ4v) is 1.68. The Bertz CT molecular complexity index is 582. The lowest BCUT2D eigenvalue weighted by atomic mass is 9.92. The molecule has 5 heteroatoms. The molecule has 0 saturated carbocycles. The van der Waals surface area contributed by atoms with Crippen molar-refractivity contribution in [2.24, 2.45) is 0 Å². The molecular weight excluding hydrogens is 242 g/mol. The summed E-state index contributed by atoms with van der Waals surface area (Å²) in [4.78, 5) is 24.4. The first kappa shape index (κ1) is 13.1. The minimum atomic E-state index is -0.882. The number of carbonyl (C=O) groups excluding carboxylic acids is 1. The lowest BCUT2D eigenvalue weighted by Crippen LogP contribution is -2.32. The molecular formula is C14H15N3O2. The van der Waals surface area contributed by atoms with Gasteiger partial charge in [0.05, 0.1) is 12.8 Å². The van der Waals surface area contributed by atoms with Gasteiger partial charge < -0.3 is 4.74 Å². The zero-order valence-electron chi connectivity index (χ0n) is 11.1. The molecule has 0 aliphatic rings. The van der Waals surface area contributed by atoms with E-state index in [1.165, 1.54) is 7.11 Å². The van der Waals surface area contributed by atoms with E-state index in [0.29, 0.717) is 5.82 Å². The summed E-state index contributed by atoms with van der Waals surface area (Å²) in [6.45, 7) is 3.47. The molecule has 2 rings (SSSR count). The number of ether oxygens (including phenoxy) is 1. The first-order valence-corrected chi connectivity index (χ1v) is 5.88. The Balaban J connectivity index is 2.43. The van der Waals surface area contributed by atoms with Crippen LogP contribution in [-0.4, -0.2) is 28.0 Å². The Morgan fingerprint density at radius 2 is 2.05 bits per heavy atom. The SMILES string of the molecule is COC(=O)C(C)(C)c1nccc(-c2cccnc2)n1. The van der Waals surface area contributed by atoms with Crippen molar-refractivity contribution in [3.63, 3.8) is 0 Å². The Morgan fingerprint density at radius 1 is 1.26 bits per heavy atom. The molecule has 98 valence electrons. The molecule has 0 amide bonds. The second-order valence-corrected chi connectivity index (χ2v) is 4.62. The lowest BCUT2D eigenvalue weighted by Gasteiger charge is -2.19. The van der Waals surface area contributed by atoms with Crippen LogP contribution in [0.15, 0.2) is 36.8 Å². The second kappa shape index (κ2) is 5.14. The average molecular weight is 257 g/mol. The van der Waals surface area contributed by atoms with E-state index in [-0.39, 0.29) is 5.97 Å². The lowest BCUT2D eigenvalue weighted by molar-refractivity contribution is -0.146. The van der Waals surface area contributed by atoms with Gasteiger partial charge in [0.25, 0.3) is 0 Å². The molecule has 0 atom stereocenters. The van der Waals surface area contributed by atoms with Crippen LogP contribution in [0.4, 0.5) is 0 Å². The van der Waals surface area contributed by atoms with Crippen molar-refractivity contribution in [3.05, 3.63) is 42.6 Å². The minimum Gasteiger partial charge on any atom is -0.468 e. The molecule has 0 aliphatic heterocycles. The van der Waals surface area contributed by atoms with Gasteiger partial charge in [-0.3, -0.25) is 9.78 Å². The zero-order chi connectivity index (χ0) is 13.9. The first-order valence-electron chi connectivity index (χ1n) is 5.88. The van der Waals surface area contributed by atoms with Gasteiger partial charge >= 0.3 is 5.97 Å². The number of hydrogen-bond donors (Lipinski definition) is 0. The summed E-state index contributed by atoms with van der Waals surface area (Å²) >= 11 is 0. The molecule has 2 aromatic heterocycles. The zero-order valence-corrected chi connectivity index (χ0v) is 11.1. The number of hydrogen-bond acceptors (Lipinski definition) is 5.